The van der Waals surface area contributed by atoms with Gasteiger partial charge >= 0.3 is 0 Å². The largest absolute Gasteiger partial charge is 0.373 e. The molecule has 2 aromatic rings. The molecule has 1 amide bonds. The molecule has 5 nitrogen and oxygen atoms in total. The summed E-state index contributed by atoms with van der Waals surface area (Å²) in [6.07, 6.45) is 1.79. The highest BCUT2D eigenvalue weighted by atomic mass is 16.2. The highest BCUT2D eigenvalue weighted by Crippen LogP contribution is 2.32. The summed E-state index contributed by atoms with van der Waals surface area (Å²) in [5.41, 5.74) is 4.01. The van der Waals surface area contributed by atoms with Crippen LogP contribution in [0.5, 0.6) is 0 Å². The fourth-order valence-corrected chi connectivity index (χ4v) is 2.76. The predicted octanol–water partition coefficient (Wildman–Crippen LogP) is 2.83. The Labute approximate surface area is 134 Å². The number of hydrogen-bond acceptors (Lipinski definition) is 4. The Morgan fingerprint density at radius 3 is 2.83 bits per heavy atom. The first kappa shape index (κ1) is 14.8. The zero-order valence-corrected chi connectivity index (χ0v) is 12.8. The lowest BCUT2D eigenvalue weighted by Gasteiger charge is -2.14. The molecule has 1 aromatic heterocycles. The van der Waals surface area contributed by atoms with E-state index in [4.69, 9.17) is 5.26 Å². The molecule has 1 aliphatic rings. The maximum absolute atomic E-state index is 12.5. The molecule has 3 rings (SSSR count). The number of nitrogens with one attached hydrogen (secondary N) is 1. The number of rotatable bonds is 4. The number of fused-ring (bicyclic) bond motifs is 1. The van der Waals surface area contributed by atoms with Gasteiger partial charge in [0.05, 0.1) is 12.6 Å². The van der Waals surface area contributed by atoms with E-state index < -0.39 is 0 Å². The van der Waals surface area contributed by atoms with Crippen LogP contribution < -0.4 is 5.32 Å². The van der Waals surface area contributed by atoms with E-state index in [0.717, 1.165) is 22.5 Å². The van der Waals surface area contributed by atoms with Gasteiger partial charge in [-0.3, -0.25) is 4.79 Å². The molecule has 23 heavy (non-hydrogen) atoms. The predicted molar refractivity (Wildman–Crippen MR) is 88.7 cm³/mol. The van der Waals surface area contributed by atoms with Crippen LogP contribution in [0.15, 0.2) is 48.7 Å². The van der Waals surface area contributed by atoms with Crippen LogP contribution in [0, 0.1) is 11.3 Å². The first-order valence-corrected chi connectivity index (χ1v) is 7.27. The molecule has 114 valence electrons. The molecule has 1 aromatic carbocycles. The van der Waals surface area contributed by atoms with E-state index in [1.165, 1.54) is 0 Å². The molecule has 0 spiro atoms. The van der Waals surface area contributed by atoms with Gasteiger partial charge in [0.15, 0.2) is 0 Å². The third kappa shape index (κ3) is 2.67. The third-order valence-corrected chi connectivity index (χ3v) is 3.91. The molecule has 0 bridgehead atoms. The van der Waals surface area contributed by atoms with Crippen molar-refractivity contribution in [3.8, 4) is 17.2 Å². The Morgan fingerprint density at radius 2 is 2.17 bits per heavy atom. The summed E-state index contributed by atoms with van der Waals surface area (Å²) < 4.78 is 0. The minimum absolute atomic E-state index is 0.0574. The van der Waals surface area contributed by atoms with Crippen LogP contribution in [0.25, 0.3) is 11.1 Å². The number of hydrogen-bond donors (Lipinski definition) is 1. The van der Waals surface area contributed by atoms with Crippen molar-refractivity contribution in [2.75, 3.05) is 18.9 Å². The van der Waals surface area contributed by atoms with Gasteiger partial charge in [0.25, 0.3) is 5.91 Å². The van der Waals surface area contributed by atoms with Crippen molar-refractivity contribution in [2.24, 2.45) is 0 Å². The van der Waals surface area contributed by atoms with E-state index in [1.54, 1.807) is 11.1 Å². The highest BCUT2D eigenvalue weighted by molar-refractivity contribution is 6.00. The Hall–Kier alpha value is -3.13. The molecule has 0 unspecified atom stereocenters. The molecule has 0 saturated carbocycles. The number of nitrogens with zero attached hydrogens (tertiary/aromatic N) is 3. The lowest BCUT2D eigenvalue weighted by Crippen LogP contribution is -2.25. The summed E-state index contributed by atoms with van der Waals surface area (Å²) in [6, 6.07) is 11.6. The van der Waals surface area contributed by atoms with Gasteiger partial charge in [-0.2, -0.15) is 5.26 Å². The number of benzene rings is 1. The van der Waals surface area contributed by atoms with E-state index >= 15 is 0 Å². The van der Waals surface area contributed by atoms with Crippen LogP contribution in [0.4, 0.5) is 5.82 Å². The molecule has 1 N–H and O–H groups in total. The molecule has 0 fully saturated rings. The lowest BCUT2D eigenvalue weighted by molar-refractivity contribution is 0.0794. The molecule has 5 heteroatoms. The summed E-state index contributed by atoms with van der Waals surface area (Å²) in [4.78, 5) is 18.5. The van der Waals surface area contributed by atoms with Gasteiger partial charge in [-0.05, 0) is 29.3 Å². The van der Waals surface area contributed by atoms with Crippen molar-refractivity contribution in [1.82, 2.24) is 9.88 Å². The van der Waals surface area contributed by atoms with Gasteiger partial charge < -0.3 is 10.2 Å². The lowest BCUT2D eigenvalue weighted by atomic mass is 9.98. The first-order valence-electron chi connectivity index (χ1n) is 7.27. The Morgan fingerprint density at radius 1 is 1.39 bits per heavy atom. The average Bonchev–Trinajstić information content (AvgIpc) is 2.91. The monoisotopic (exact) mass is 304 g/mol. The molecule has 2 heterocycles. The number of carbonyl (C=O) groups excluding carboxylic acids is 1. The van der Waals surface area contributed by atoms with E-state index in [1.807, 2.05) is 43.4 Å². The summed E-state index contributed by atoms with van der Waals surface area (Å²) in [5.74, 6) is 0.738. The average molecular weight is 304 g/mol. The van der Waals surface area contributed by atoms with E-state index in [9.17, 15) is 4.79 Å². The Balaban J connectivity index is 1.97. The minimum atomic E-state index is -0.0574. The van der Waals surface area contributed by atoms with Crippen molar-refractivity contribution in [1.29, 1.82) is 5.26 Å². The maximum Gasteiger partial charge on any atom is 0.254 e. The normalized spacial score (nSPS) is 12.7. The molecule has 0 aliphatic carbocycles. The number of anilines is 1. The molecular weight excluding hydrogens is 288 g/mol. The highest BCUT2D eigenvalue weighted by Gasteiger charge is 2.29. The zero-order valence-electron chi connectivity index (χ0n) is 12.8. The van der Waals surface area contributed by atoms with Crippen LogP contribution in [-0.4, -0.2) is 29.4 Å². The molecule has 0 radical (unpaired) electrons. The van der Waals surface area contributed by atoms with Gasteiger partial charge in [-0.15, -0.1) is 0 Å². The Bertz CT molecular complexity index is 818. The molecule has 1 aliphatic heterocycles. The standard InChI is InChI=1S/C18H16N4O/c1-12(8-19)10-22-11-16-14(4-3-5-15(16)18(22)23)13-6-7-17(20-2)21-9-13/h3-7,9H,1,10-11H2,2H3,(H,20,21). The van der Waals surface area contributed by atoms with Gasteiger partial charge in [-0.25, -0.2) is 4.98 Å². The van der Waals surface area contributed by atoms with Gasteiger partial charge in [0.1, 0.15) is 5.82 Å². The number of amides is 1. The number of aromatic nitrogens is 1. The second kappa shape index (κ2) is 5.93. The summed E-state index contributed by atoms with van der Waals surface area (Å²) in [7, 11) is 1.82. The van der Waals surface area contributed by atoms with E-state index in [0.29, 0.717) is 17.7 Å². The first-order chi connectivity index (χ1) is 11.1. The fraction of sp³-hybridized carbons (Fsp3) is 0.167. The zero-order chi connectivity index (χ0) is 16.4. The van der Waals surface area contributed by atoms with E-state index in [-0.39, 0.29) is 12.5 Å². The number of carbonyl (C=O) groups is 1. The third-order valence-electron chi connectivity index (χ3n) is 3.91. The van der Waals surface area contributed by atoms with E-state index in [2.05, 4.69) is 16.9 Å². The van der Waals surface area contributed by atoms with Crippen molar-refractivity contribution in [3.63, 3.8) is 0 Å². The van der Waals surface area contributed by atoms with Crippen LogP contribution in [0.3, 0.4) is 0 Å². The SMILES string of the molecule is C=C(C#N)CN1Cc2c(cccc2-c2ccc(NC)nc2)C1=O. The molecule has 0 atom stereocenters. The van der Waals surface area contributed by atoms with Crippen molar-refractivity contribution in [3.05, 3.63) is 59.8 Å². The second-order valence-electron chi connectivity index (χ2n) is 5.39. The summed E-state index contributed by atoms with van der Waals surface area (Å²) >= 11 is 0. The maximum atomic E-state index is 12.5. The van der Waals surface area contributed by atoms with Crippen LogP contribution >= 0.6 is 0 Å². The number of pyridine rings is 1. The summed E-state index contributed by atoms with van der Waals surface area (Å²) in [5, 5.41) is 11.9. The smallest absolute Gasteiger partial charge is 0.254 e. The second-order valence-corrected chi connectivity index (χ2v) is 5.39. The van der Waals surface area contributed by atoms with Crippen LogP contribution in [0.2, 0.25) is 0 Å². The topological polar surface area (TPSA) is 69.0 Å². The van der Waals surface area contributed by atoms with Gasteiger partial charge in [0, 0.05) is 36.5 Å². The van der Waals surface area contributed by atoms with Gasteiger partial charge in [-0.1, -0.05) is 18.7 Å². The van der Waals surface area contributed by atoms with Crippen molar-refractivity contribution >= 4 is 11.7 Å². The molecule has 0 saturated heterocycles. The number of nitriles is 1. The van der Waals surface area contributed by atoms with Crippen LogP contribution in [0.1, 0.15) is 15.9 Å². The van der Waals surface area contributed by atoms with Crippen molar-refractivity contribution in [2.45, 2.75) is 6.54 Å². The van der Waals surface area contributed by atoms with Crippen LogP contribution in [-0.2, 0) is 6.54 Å². The Kier molecular flexibility index (Phi) is 3.82. The van der Waals surface area contributed by atoms with Crippen molar-refractivity contribution < 1.29 is 4.79 Å². The quantitative estimate of drug-likeness (QED) is 0.882. The van der Waals surface area contributed by atoms with Gasteiger partial charge in [0.2, 0.25) is 0 Å². The molecular formula is C18H16N4O. The fourth-order valence-electron chi connectivity index (χ4n) is 2.76. The summed E-state index contributed by atoms with van der Waals surface area (Å²) in [6.45, 7) is 4.41. The minimum Gasteiger partial charge on any atom is -0.373 e.